The second-order valence-corrected chi connectivity index (χ2v) is 5.63. The molecule has 2 saturated carbocycles. The molecule has 2 aliphatic rings. The largest absolute Gasteiger partial charge is 0.465 e. The van der Waals surface area contributed by atoms with Crippen LogP contribution in [0.1, 0.15) is 45.4 Å². The third-order valence-electron chi connectivity index (χ3n) is 3.94. The van der Waals surface area contributed by atoms with E-state index in [0.717, 1.165) is 12.8 Å². The topological polar surface area (TPSA) is 46.6 Å². The Kier molecular flexibility index (Phi) is 4.60. The van der Waals surface area contributed by atoms with Gasteiger partial charge in [0.1, 0.15) is 6.54 Å². The van der Waals surface area contributed by atoms with E-state index in [0.29, 0.717) is 0 Å². The summed E-state index contributed by atoms with van der Waals surface area (Å²) in [5, 5.41) is 0. The number of rotatable bonds is 5. The Morgan fingerprint density at radius 1 is 1.20 bits per heavy atom. The van der Waals surface area contributed by atoms with Crippen molar-refractivity contribution in [1.29, 1.82) is 0 Å². The highest BCUT2D eigenvalue weighted by Gasteiger charge is 2.42. The molecule has 0 spiro atoms. The highest BCUT2D eigenvalue weighted by atomic mass is 19.3. The zero-order valence-corrected chi connectivity index (χ0v) is 11.7. The number of carbonyl (C=O) groups excluding carboxylic acids is 2. The third-order valence-corrected chi connectivity index (χ3v) is 3.94. The molecule has 0 heterocycles. The van der Waals surface area contributed by atoms with Gasteiger partial charge in [0.25, 0.3) is 0 Å². The van der Waals surface area contributed by atoms with Crippen LogP contribution in [0.25, 0.3) is 0 Å². The fraction of sp³-hybridized carbons (Fsp3) is 0.857. The van der Waals surface area contributed by atoms with Gasteiger partial charge in [-0.05, 0) is 32.6 Å². The summed E-state index contributed by atoms with van der Waals surface area (Å²) in [5.41, 5.74) is 0. The molecule has 2 rings (SSSR count). The highest BCUT2D eigenvalue weighted by molar-refractivity contribution is 5.84. The standard InChI is InChI=1S/C14H21F2NO3/c1-2-20-12(18)9-17(11-3-4-11)13(19)10-5-7-14(15,16)8-6-10/h10-11H,2-9H2,1H3. The van der Waals surface area contributed by atoms with Crippen molar-refractivity contribution in [3.05, 3.63) is 0 Å². The normalized spacial score (nSPS) is 22.4. The van der Waals surface area contributed by atoms with Crippen LogP contribution in [0.3, 0.4) is 0 Å². The van der Waals surface area contributed by atoms with Gasteiger partial charge < -0.3 is 9.64 Å². The van der Waals surface area contributed by atoms with Gasteiger partial charge in [0.15, 0.2) is 0 Å². The average Bonchev–Trinajstić information content (AvgIpc) is 3.20. The zero-order valence-electron chi connectivity index (χ0n) is 11.7. The quantitative estimate of drug-likeness (QED) is 0.730. The minimum atomic E-state index is -2.64. The number of hydrogen-bond donors (Lipinski definition) is 0. The summed E-state index contributed by atoms with van der Waals surface area (Å²) in [7, 11) is 0. The number of alkyl halides is 2. The molecule has 0 aromatic heterocycles. The smallest absolute Gasteiger partial charge is 0.325 e. The number of halogens is 2. The maximum absolute atomic E-state index is 13.1. The Morgan fingerprint density at radius 2 is 1.80 bits per heavy atom. The summed E-state index contributed by atoms with van der Waals surface area (Å²) in [6.07, 6.45) is 1.71. The van der Waals surface area contributed by atoms with Crippen molar-refractivity contribution in [3.63, 3.8) is 0 Å². The van der Waals surface area contributed by atoms with Crippen molar-refractivity contribution in [3.8, 4) is 0 Å². The fourth-order valence-corrected chi connectivity index (χ4v) is 2.64. The number of ether oxygens (including phenoxy) is 1. The van der Waals surface area contributed by atoms with Crippen molar-refractivity contribution in [2.45, 2.75) is 57.4 Å². The number of carbonyl (C=O) groups is 2. The highest BCUT2D eigenvalue weighted by Crippen LogP contribution is 2.38. The molecule has 0 saturated heterocycles. The first kappa shape index (κ1) is 15.2. The Hall–Kier alpha value is -1.20. The van der Waals surface area contributed by atoms with Crippen molar-refractivity contribution in [1.82, 2.24) is 4.90 Å². The minimum absolute atomic E-state index is 0.0514. The molecule has 20 heavy (non-hydrogen) atoms. The van der Waals surface area contributed by atoms with Crippen LogP contribution in [0.15, 0.2) is 0 Å². The maximum Gasteiger partial charge on any atom is 0.325 e. The van der Waals surface area contributed by atoms with Gasteiger partial charge in [-0.1, -0.05) is 0 Å². The summed E-state index contributed by atoms with van der Waals surface area (Å²) in [6, 6.07) is 0.0920. The van der Waals surface area contributed by atoms with Crippen LogP contribution in [0, 0.1) is 5.92 Å². The van der Waals surface area contributed by atoms with Crippen molar-refractivity contribution >= 4 is 11.9 Å². The fourth-order valence-electron chi connectivity index (χ4n) is 2.64. The first-order chi connectivity index (χ1) is 9.43. The molecule has 1 amide bonds. The first-order valence-electron chi connectivity index (χ1n) is 7.27. The lowest BCUT2D eigenvalue weighted by molar-refractivity contribution is -0.152. The SMILES string of the molecule is CCOC(=O)CN(C(=O)C1CCC(F)(F)CC1)C1CC1. The van der Waals surface area contributed by atoms with Crippen molar-refractivity contribution < 1.29 is 23.1 Å². The van der Waals surface area contributed by atoms with Crippen LogP contribution in [0.4, 0.5) is 8.78 Å². The minimum Gasteiger partial charge on any atom is -0.465 e. The van der Waals surface area contributed by atoms with Crippen LogP contribution in [0.2, 0.25) is 0 Å². The van der Waals surface area contributed by atoms with Gasteiger partial charge >= 0.3 is 5.97 Å². The third kappa shape index (κ3) is 3.90. The summed E-state index contributed by atoms with van der Waals surface area (Å²) >= 11 is 0. The molecule has 0 N–H and O–H groups in total. The Morgan fingerprint density at radius 3 is 2.30 bits per heavy atom. The lowest BCUT2D eigenvalue weighted by Gasteiger charge is -2.31. The van der Waals surface area contributed by atoms with Crippen LogP contribution in [-0.4, -0.2) is 41.9 Å². The van der Waals surface area contributed by atoms with E-state index in [1.165, 1.54) is 4.90 Å². The number of hydrogen-bond acceptors (Lipinski definition) is 3. The van der Waals surface area contributed by atoms with Gasteiger partial charge in [0, 0.05) is 24.8 Å². The van der Waals surface area contributed by atoms with Gasteiger partial charge in [-0.2, -0.15) is 0 Å². The molecular formula is C14H21F2NO3. The maximum atomic E-state index is 13.1. The molecule has 114 valence electrons. The van der Waals surface area contributed by atoms with E-state index >= 15 is 0 Å². The Bertz CT molecular complexity index is 373. The zero-order chi connectivity index (χ0) is 14.8. The van der Waals surface area contributed by atoms with Gasteiger partial charge in [-0.25, -0.2) is 8.78 Å². The van der Waals surface area contributed by atoms with Crippen LogP contribution in [0.5, 0.6) is 0 Å². The summed E-state index contributed by atoms with van der Waals surface area (Å²) in [4.78, 5) is 25.5. The van der Waals surface area contributed by atoms with Crippen LogP contribution >= 0.6 is 0 Å². The lowest BCUT2D eigenvalue weighted by Crippen LogP contribution is -2.43. The molecular weight excluding hydrogens is 268 g/mol. The molecule has 0 atom stereocenters. The van der Waals surface area contributed by atoms with E-state index in [2.05, 4.69) is 0 Å². The average molecular weight is 289 g/mol. The number of nitrogens with zero attached hydrogens (tertiary/aromatic N) is 1. The molecule has 0 aromatic carbocycles. The second kappa shape index (κ2) is 6.06. The summed E-state index contributed by atoms with van der Waals surface area (Å²) in [6.45, 7) is 1.94. The second-order valence-electron chi connectivity index (χ2n) is 5.63. The van der Waals surface area contributed by atoms with E-state index in [9.17, 15) is 18.4 Å². The van der Waals surface area contributed by atoms with Crippen molar-refractivity contribution in [2.75, 3.05) is 13.2 Å². The number of amides is 1. The van der Waals surface area contributed by atoms with Gasteiger partial charge in [-0.3, -0.25) is 9.59 Å². The molecule has 4 nitrogen and oxygen atoms in total. The molecule has 2 fully saturated rings. The lowest BCUT2D eigenvalue weighted by atomic mass is 9.86. The molecule has 0 aliphatic heterocycles. The Balaban J connectivity index is 1.92. The Labute approximate surface area is 117 Å². The first-order valence-corrected chi connectivity index (χ1v) is 7.27. The van der Waals surface area contributed by atoms with Gasteiger partial charge in [-0.15, -0.1) is 0 Å². The molecule has 0 bridgehead atoms. The molecule has 0 radical (unpaired) electrons. The van der Waals surface area contributed by atoms with Gasteiger partial charge in [0.2, 0.25) is 11.8 Å². The predicted molar refractivity (Wildman–Crippen MR) is 68.3 cm³/mol. The molecule has 6 heteroatoms. The van der Waals surface area contributed by atoms with Crippen LogP contribution in [-0.2, 0) is 14.3 Å². The molecule has 0 unspecified atom stereocenters. The van der Waals surface area contributed by atoms with E-state index in [-0.39, 0.29) is 56.7 Å². The molecule has 2 aliphatic carbocycles. The van der Waals surface area contributed by atoms with E-state index in [4.69, 9.17) is 4.74 Å². The van der Waals surface area contributed by atoms with Gasteiger partial charge in [0.05, 0.1) is 6.61 Å². The summed E-state index contributed by atoms with van der Waals surface area (Å²) in [5.74, 6) is -3.59. The predicted octanol–water partition coefficient (Wildman–Crippen LogP) is 2.37. The van der Waals surface area contributed by atoms with Crippen molar-refractivity contribution in [2.24, 2.45) is 5.92 Å². The van der Waals surface area contributed by atoms with E-state index < -0.39 is 11.9 Å². The number of esters is 1. The van der Waals surface area contributed by atoms with E-state index in [1.807, 2.05) is 0 Å². The summed E-state index contributed by atoms with van der Waals surface area (Å²) < 4.78 is 31.1. The monoisotopic (exact) mass is 289 g/mol. The van der Waals surface area contributed by atoms with Crippen LogP contribution < -0.4 is 0 Å². The van der Waals surface area contributed by atoms with E-state index in [1.54, 1.807) is 6.92 Å². The molecule has 0 aromatic rings.